The summed E-state index contributed by atoms with van der Waals surface area (Å²) in [6.07, 6.45) is -0.901. The molecule has 0 radical (unpaired) electrons. The van der Waals surface area contributed by atoms with Gasteiger partial charge in [-0.1, -0.05) is 30.3 Å². The van der Waals surface area contributed by atoms with Crippen molar-refractivity contribution < 1.29 is 13.9 Å². The number of rotatable bonds is 5. The minimum absolute atomic E-state index is 0.234. The van der Waals surface area contributed by atoms with E-state index < -0.39 is 11.9 Å². The van der Waals surface area contributed by atoms with Gasteiger partial charge in [0.25, 0.3) is 0 Å². The van der Waals surface area contributed by atoms with Crippen LogP contribution in [-0.4, -0.2) is 11.7 Å². The van der Waals surface area contributed by atoms with Crippen LogP contribution in [0.2, 0.25) is 0 Å². The maximum Gasteiger partial charge on any atom is 0.129 e. The van der Waals surface area contributed by atoms with E-state index in [2.05, 4.69) is 5.32 Å². The molecule has 0 aromatic heterocycles. The lowest BCUT2D eigenvalue weighted by Crippen LogP contribution is -2.21. The van der Waals surface area contributed by atoms with E-state index in [4.69, 9.17) is 0 Å². The first-order valence-electron chi connectivity index (χ1n) is 6.04. The molecule has 2 nitrogen and oxygen atoms in total. The van der Waals surface area contributed by atoms with Crippen LogP contribution in [0.3, 0.4) is 0 Å². The van der Waals surface area contributed by atoms with Gasteiger partial charge in [0, 0.05) is 18.7 Å². The van der Waals surface area contributed by atoms with Crippen molar-refractivity contribution in [2.24, 2.45) is 0 Å². The maximum atomic E-state index is 13.4. The second-order valence-electron chi connectivity index (χ2n) is 4.29. The van der Waals surface area contributed by atoms with Gasteiger partial charge in [0.1, 0.15) is 11.6 Å². The first-order valence-corrected chi connectivity index (χ1v) is 6.04. The Bertz CT molecular complexity index is 528. The van der Waals surface area contributed by atoms with Crippen molar-refractivity contribution in [2.45, 2.75) is 12.6 Å². The molecule has 4 heteroatoms. The lowest BCUT2D eigenvalue weighted by molar-refractivity contribution is 0.169. The third kappa shape index (κ3) is 3.84. The van der Waals surface area contributed by atoms with Crippen LogP contribution in [0.4, 0.5) is 8.78 Å². The molecule has 0 saturated heterocycles. The Kier molecular flexibility index (Phi) is 4.60. The van der Waals surface area contributed by atoms with Gasteiger partial charge in [-0.25, -0.2) is 8.78 Å². The molecule has 100 valence electrons. The van der Waals surface area contributed by atoms with E-state index in [9.17, 15) is 13.9 Å². The highest BCUT2D eigenvalue weighted by molar-refractivity contribution is 5.20. The van der Waals surface area contributed by atoms with Crippen molar-refractivity contribution >= 4 is 0 Å². The Morgan fingerprint density at radius 3 is 2.37 bits per heavy atom. The lowest BCUT2D eigenvalue weighted by Gasteiger charge is -2.13. The van der Waals surface area contributed by atoms with Gasteiger partial charge < -0.3 is 10.4 Å². The molecule has 0 aliphatic heterocycles. The second-order valence-corrected chi connectivity index (χ2v) is 4.29. The van der Waals surface area contributed by atoms with Gasteiger partial charge in [0.15, 0.2) is 0 Å². The van der Waals surface area contributed by atoms with Crippen LogP contribution in [0, 0.1) is 11.6 Å². The maximum absolute atomic E-state index is 13.4. The van der Waals surface area contributed by atoms with Crippen molar-refractivity contribution in [2.75, 3.05) is 6.54 Å². The van der Waals surface area contributed by atoms with Crippen LogP contribution in [0.5, 0.6) is 0 Å². The minimum Gasteiger partial charge on any atom is -0.387 e. The predicted octanol–water partition coefficient (Wildman–Crippen LogP) is 2.79. The summed E-state index contributed by atoms with van der Waals surface area (Å²) in [5.74, 6) is -0.700. The number of hydrogen-bond acceptors (Lipinski definition) is 2. The van der Waals surface area contributed by atoms with Crippen molar-refractivity contribution in [1.82, 2.24) is 5.32 Å². The van der Waals surface area contributed by atoms with Crippen molar-refractivity contribution in [3.63, 3.8) is 0 Å². The molecule has 0 heterocycles. The zero-order chi connectivity index (χ0) is 13.7. The topological polar surface area (TPSA) is 32.3 Å². The van der Waals surface area contributed by atoms with E-state index in [1.807, 2.05) is 0 Å². The molecular formula is C15H15F2NO. The van der Waals surface area contributed by atoms with Gasteiger partial charge >= 0.3 is 0 Å². The first-order chi connectivity index (χ1) is 9.16. The van der Waals surface area contributed by atoms with Crippen LogP contribution >= 0.6 is 0 Å². The summed E-state index contributed by atoms with van der Waals surface area (Å²) < 4.78 is 26.1. The monoisotopic (exact) mass is 263 g/mol. The van der Waals surface area contributed by atoms with Gasteiger partial charge in [0.2, 0.25) is 0 Å². The Morgan fingerprint density at radius 2 is 1.68 bits per heavy atom. The quantitative estimate of drug-likeness (QED) is 0.869. The zero-order valence-corrected chi connectivity index (χ0v) is 10.3. The van der Waals surface area contributed by atoms with Gasteiger partial charge in [-0.2, -0.15) is 0 Å². The number of halogens is 2. The number of hydrogen-bond donors (Lipinski definition) is 2. The molecule has 0 spiro atoms. The smallest absolute Gasteiger partial charge is 0.129 e. The Morgan fingerprint density at radius 1 is 1.00 bits per heavy atom. The van der Waals surface area contributed by atoms with Crippen LogP contribution in [0.25, 0.3) is 0 Å². The normalized spacial score (nSPS) is 12.4. The molecular weight excluding hydrogens is 248 g/mol. The number of aliphatic hydroxyl groups excluding tert-OH is 1. The molecule has 2 rings (SSSR count). The van der Waals surface area contributed by atoms with E-state index in [-0.39, 0.29) is 17.9 Å². The highest BCUT2D eigenvalue weighted by Gasteiger charge is 2.11. The fourth-order valence-electron chi connectivity index (χ4n) is 1.81. The average Bonchev–Trinajstić information content (AvgIpc) is 2.41. The van der Waals surface area contributed by atoms with E-state index >= 15 is 0 Å². The summed E-state index contributed by atoms with van der Waals surface area (Å²) in [6, 6.07) is 12.2. The summed E-state index contributed by atoms with van der Waals surface area (Å²) in [7, 11) is 0. The molecule has 0 fully saturated rings. The molecule has 1 atom stereocenters. The molecule has 0 aliphatic carbocycles. The largest absolute Gasteiger partial charge is 0.387 e. The third-order valence-electron chi connectivity index (χ3n) is 2.84. The molecule has 0 saturated carbocycles. The van der Waals surface area contributed by atoms with Crippen LogP contribution in [-0.2, 0) is 6.54 Å². The van der Waals surface area contributed by atoms with Crippen molar-refractivity contribution in [1.29, 1.82) is 0 Å². The summed E-state index contributed by atoms with van der Waals surface area (Å²) in [6.45, 7) is 0.726. The molecule has 2 aromatic rings. The SMILES string of the molecule is O[C@H](CNCc1ccc(F)cc1)c1ccccc1F. The molecule has 0 amide bonds. The van der Waals surface area contributed by atoms with Crippen LogP contribution < -0.4 is 5.32 Å². The Balaban J connectivity index is 1.86. The number of benzene rings is 2. The fourth-order valence-corrected chi connectivity index (χ4v) is 1.81. The lowest BCUT2D eigenvalue weighted by atomic mass is 10.1. The van der Waals surface area contributed by atoms with Crippen molar-refractivity contribution in [3.05, 3.63) is 71.3 Å². The minimum atomic E-state index is -0.901. The Labute approximate surface area is 110 Å². The summed E-state index contributed by atoms with van der Waals surface area (Å²) in [5, 5.41) is 12.9. The highest BCUT2D eigenvalue weighted by atomic mass is 19.1. The summed E-state index contributed by atoms with van der Waals surface area (Å²) in [4.78, 5) is 0. The molecule has 2 N–H and O–H groups in total. The van der Waals surface area contributed by atoms with Gasteiger partial charge in [-0.05, 0) is 23.8 Å². The van der Waals surface area contributed by atoms with E-state index in [0.29, 0.717) is 6.54 Å². The predicted molar refractivity (Wildman–Crippen MR) is 69.5 cm³/mol. The van der Waals surface area contributed by atoms with Crippen LogP contribution in [0.15, 0.2) is 48.5 Å². The standard InChI is InChI=1S/C15H15F2NO/c16-12-7-5-11(6-8-12)9-18-10-15(19)13-3-1-2-4-14(13)17/h1-8,15,18-19H,9-10H2/t15-/m1/s1. The molecule has 0 aliphatic rings. The highest BCUT2D eigenvalue weighted by Crippen LogP contribution is 2.15. The third-order valence-corrected chi connectivity index (χ3v) is 2.84. The first kappa shape index (κ1) is 13.6. The van der Waals surface area contributed by atoms with Crippen molar-refractivity contribution in [3.8, 4) is 0 Å². The van der Waals surface area contributed by atoms with Gasteiger partial charge in [-0.3, -0.25) is 0 Å². The summed E-state index contributed by atoms with van der Waals surface area (Å²) >= 11 is 0. The molecule has 19 heavy (non-hydrogen) atoms. The molecule has 0 bridgehead atoms. The van der Waals surface area contributed by atoms with E-state index in [1.54, 1.807) is 30.3 Å². The zero-order valence-electron chi connectivity index (χ0n) is 10.3. The fraction of sp³-hybridized carbons (Fsp3) is 0.200. The van der Waals surface area contributed by atoms with Gasteiger partial charge in [0.05, 0.1) is 6.10 Å². The number of aliphatic hydroxyl groups is 1. The summed E-state index contributed by atoms with van der Waals surface area (Å²) in [5.41, 5.74) is 1.18. The van der Waals surface area contributed by atoms with Gasteiger partial charge in [-0.15, -0.1) is 0 Å². The Hall–Kier alpha value is -1.78. The van der Waals surface area contributed by atoms with Crippen LogP contribution in [0.1, 0.15) is 17.2 Å². The molecule has 0 unspecified atom stereocenters. The number of nitrogens with one attached hydrogen (secondary N) is 1. The van der Waals surface area contributed by atoms with E-state index in [0.717, 1.165) is 5.56 Å². The molecule has 2 aromatic carbocycles. The average molecular weight is 263 g/mol. The van der Waals surface area contributed by atoms with E-state index in [1.165, 1.54) is 18.2 Å². The second kappa shape index (κ2) is 6.41.